The summed E-state index contributed by atoms with van der Waals surface area (Å²) in [4.78, 5) is 17.0. The number of hydrogen-bond acceptors (Lipinski definition) is 9. The van der Waals surface area contributed by atoms with Gasteiger partial charge in [0, 0.05) is 51.3 Å². The van der Waals surface area contributed by atoms with Gasteiger partial charge in [-0.3, -0.25) is 9.69 Å². The molecule has 1 saturated heterocycles. The summed E-state index contributed by atoms with van der Waals surface area (Å²) in [6.45, 7) is 5.95. The number of aliphatic hydroxyl groups excluding tert-OH is 1. The number of hydrogen-bond donors (Lipinski definition) is 1. The quantitative estimate of drug-likeness (QED) is 0.145. The molecular weight excluding hydrogens is 524 g/mol. The molecule has 1 heterocycles. The molecule has 1 atom stereocenters. The van der Waals surface area contributed by atoms with Gasteiger partial charge >= 0.3 is 5.97 Å². The second kappa shape index (κ2) is 17.6. The van der Waals surface area contributed by atoms with Gasteiger partial charge in [0.05, 0.1) is 27.0 Å². The summed E-state index contributed by atoms with van der Waals surface area (Å²) in [5.41, 5.74) is 0.936. The van der Waals surface area contributed by atoms with Crippen molar-refractivity contribution in [2.75, 3.05) is 65.6 Å². The van der Waals surface area contributed by atoms with E-state index in [9.17, 15) is 9.90 Å². The van der Waals surface area contributed by atoms with Crippen LogP contribution in [0.15, 0.2) is 36.4 Å². The summed E-state index contributed by atoms with van der Waals surface area (Å²) < 4.78 is 27.7. The maximum atomic E-state index is 12.5. The summed E-state index contributed by atoms with van der Waals surface area (Å²) >= 11 is 0. The van der Waals surface area contributed by atoms with Crippen LogP contribution in [0.5, 0.6) is 28.7 Å². The van der Waals surface area contributed by atoms with Crippen LogP contribution in [0.1, 0.15) is 58.3 Å². The molecule has 228 valence electrons. The van der Waals surface area contributed by atoms with E-state index in [1.165, 1.54) is 32.1 Å². The van der Waals surface area contributed by atoms with Crippen LogP contribution in [-0.2, 0) is 4.79 Å². The highest BCUT2D eigenvalue weighted by Gasteiger charge is 2.23. The minimum Gasteiger partial charge on any atom is -0.493 e. The van der Waals surface area contributed by atoms with Crippen LogP contribution >= 0.6 is 0 Å². The van der Waals surface area contributed by atoms with Gasteiger partial charge in [-0.2, -0.15) is 0 Å². The molecule has 1 fully saturated rings. The topological polar surface area (TPSA) is 89.9 Å². The third kappa shape index (κ3) is 10.3. The number of methoxy groups -OCH3 is 3. The molecule has 0 amide bonds. The number of benzene rings is 2. The van der Waals surface area contributed by atoms with E-state index in [0.717, 1.165) is 44.7 Å². The van der Waals surface area contributed by atoms with E-state index in [-0.39, 0.29) is 12.6 Å². The van der Waals surface area contributed by atoms with Crippen LogP contribution < -0.4 is 28.6 Å². The number of piperazine rings is 1. The predicted octanol–water partition coefficient (Wildman–Crippen LogP) is 5.32. The maximum Gasteiger partial charge on any atom is 0.311 e. The van der Waals surface area contributed by atoms with Crippen LogP contribution in [0.2, 0.25) is 0 Å². The minimum absolute atomic E-state index is 0.135. The van der Waals surface area contributed by atoms with Crippen LogP contribution in [0.25, 0.3) is 0 Å². The highest BCUT2D eigenvalue weighted by atomic mass is 16.5. The van der Waals surface area contributed by atoms with E-state index in [0.29, 0.717) is 41.7 Å². The van der Waals surface area contributed by atoms with Crippen molar-refractivity contribution >= 4 is 11.7 Å². The Labute approximate surface area is 245 Å². The zero-order valence-electron chi connectivity index (χ0n) is 25.2. The Hall–Kier alpha value is -3.17. The average molecular weight is 573 g/mol. The van der Waals surface area contributed by atoms with Gasteiger partial charge in [0.1, 0.15) is 18.5 Å². The summed E-state index contributed by atoms with van der Waals surface area (Å²) in [6.07, 6.45) is 7.97. The normalized spacial score (nSPS) is 14.4. The van der Waals surface area contributed by atoms with Crippen LogP contribution in [0.4, 0.5) is 5.69 Å². The summed E-state index contributed by atoms with van der Waals surface area (Å²) in [5, 5.41) is 10.7. The Balaban J connectivity index is 1.43. The lowest BCUT2D eigenvalue weighted by molar-refractivity contribution is -0.134. The number of ether oxygens (including phenoxy) is 5. The molecule has 1 aliphatic rings. The van der Waals surface area contributed by atoms with E-state index in [1.807, 2.05) is 24.3 Å². The van der Waals surface area contributed by atoms with E-state index in [2.05, 4.69) is 16.7 Å². The first kappa shape index (κ1) is 32.3. The van der Waals surface area contributed by atoms with Crippen LogP contribution in [-0.4, -0.2) is 82.7 Å². The SMILES string of the molecule is CCCCCCCCCC(=O)Oc1ccccc1N1CCN(CC(O)COc2cc(OC)c(OC)c(OC)c2)CC1. The zero-order chi connectivity index (χ0) is 29.5. The van der Waals surface area contributed by atoms with Gasteiger partial charge in [0.25, 0.3) is 0 Å². The standard InChI is InChI=1S/C32H48N2O7/c1-5-6-7-8-9-10-11-16-31(36)41-28-15-13-12-14-27(28)34-19-17-33(18-20-34)23-25(35)24-40-26-21-29(37-2)32(39-4)30(22-26)38-3/h12-15,21-22,25,35H,5-11,16-20,23-24H2,1-4H3. The number of para-hydroxylation sites is 2. The molecule has 3 rings (SSSR count). The number of rotatable bonds is 18. The molecule has 2 aromatic carbocycles. The smallest absolute Gasteiger partial charge is 0.311 e. The number of anilines is 1. The van der Waals surface area contributed by atoms with Crippen molar-refractivity contribution in [3.63, 3.8) is 0 Å². The molecule has 0 bridgehead atoms. The van der Waals surface area contributed by atoms with Crippen LogP contribution in [0, 0.1) is 0 Å². The predicted molar refractivity (Wildman–Crippen MR) is 161 cm³/mol. The summed E-state index contributed by atoms with van der Waals surface area (Å²) in [7, 11) is 4.65. The molecule has 1 N–H and O–H groups in total. The van der Waals surface area contributed by atoms with Gasteiger partial charge in [0.15, 0.2) is 17.2 Å². The number of β-amino-alcohol motifs (C(OH)–C–C–N with tert-alkyl or cyclic N) is 1. The Kier molecular flexibility index (Phi) is 13.9. The van der Waals surface area contributed by atoms with E-state index >= 15 is 0 Å². The molecule has 0 aliphatic carbocycles. The molecule has 1 aliphatic heterocycles. The van der Waals surface area contributed by atoms with Crippen molar-refractivity contribution in [2.24, 2.45) is 0 Å². The highest BCUT2D eigenvalue weighted by Crippen LogP contribution is 2.40. The van der Waals surface area contributed by atoms with Gasteiger partial charge in [-0.05, 0) is 18.6 Å². The van der Waals surface area contributed by atoms with Crippen molar-refractivity contribution in [2.45, 2.75) is 64.4 Å². The highest BCUT2D eigenvalue weighted by molar-refractivity contribution is 5.75. The number of esters is 1. The minimum atomic E-state index is -0.666. The third-order valence-corrected chi connectivity index (χ3v) is 7.34. The number of unbranched alkanes of at least 4 members (excludes halogenated alkanes) is 6. The first-order valence-electron chi connectivity index (χ1n) is 14.9. The Morgan fingerprint density at radius 2 is 1.49 bits per heavy atom. The maximum absolute atomic E-state index is 12.5. The van der Waals surface area contributed by atoms with Gasteiger partial charge in [-0.1, -0.05) is 57.6 Å². The lowest BCUT2D eigenvalue weighted by Gasteiger charge is -2.37. The fourth-order valence-electron chi connectivity index (χ4n) is 5.06. The number of carbonyl (C=O) groups excluding carboxylic acids is 1. The van der Waals surface area contributed by atoms with Gasteiger partial charge in [-0.25, -0.2) is 0 Å². The molecular formula is C32H48N2O7. The van der Waals surface area contributed by atoms with Crippen molar-refractivity contribution in [3.05, 3.63) is 36.4 Å². The van der Waals surface area contributed by atoms with Gasteiger partial charge in [0.2, 0.25) is 5.75 Å². The molecule has 9 nitrogen and oxygen atoms in total. The molecule has 41 heavy (non-hydrogen) atoms. The average Bonchev–Trinajstić information content (AvgIpc) is 2.99. The van der Waals surface area contributed by atoms with Crippen LogP contribution in [0.3, 0.4) is 0 Å². The number of carbonyl (C=O) groups is 1. The molecule has 0 aromatic heterocycles. The molecule has 0 saturated carbocycles. The lowest BCUT2D eigenvalue weighted by atomic mass is 10.1. The molecule has 0 spiro atoms. The first-order valence-corrected chi connectivity index (χ1v) is 14.9. The number of nitrogens with zero attached hydrogens (tertiary/aromatic N) is 2. The Bertz CT molecular complexity index is 1030. The van der Waals surface area contributed by atoms with Gasteiger partial charge in [-0.15, -0.1) is 0 Å². The van der Waals surface area contributed by atoms with E-state index in [1.54, 1.807) is 33.5 Å². The summed E-state index contributed by atoms with van der Waals surface area (Å²) in [6, 6.07) is 11.2. The van der Waals surface area contributed by atoms with Gasteiger partial charge < -0.3 is 33.7 Å². The van der Waals surface area contributed by atoms with Crippen molar-refractivity contribution < 1.29 is 33.6 Å². The monoisotopic (exact) mass is 572 g/mol. The fourth-order valence-corrected chi connectivity index (χ4v) is 5.06. The second-order valence-corrected chi connectivity index (χ2v) is 10.4. The first-order chi connectivity index (χ1) is 20.0. The Morgan fingerprint density at radius 1 is 0.854 bits per heavy atom. The molecule has 2 aromatic rings. The number of aliphatic hydroxyl groups is 1. The summed E-state index contributed by atoms with van der Waals surface area (Å²) in [5.74, 6) is 2.46. The van der Waals surface area contributed by atoms with Crippen molar-refractivity contribution in [3.8, 4) is 28.7 Å². The largest absolute Gasteiger partial charge is 0.493 e. The zero-order valence-corrected chi connectivity index (χ0v) is 25.2. The lowest BCUT2D eigenvalue weighted by Crippen LogP contribution is -2.49. The second-order valence-electron chi connectivity index (χ2n) is 10.4. The molecule has 1 unspecified atom stereocenters. The third-order valence-electron chi connectivity index (χ3n) is 7.34. The van der Waals surface area contributed by atoms with Crippen molar-refractivity contribution in [1.82, 2.24) is 4.90 Å². The Morgan fingerprint density at radius 3 is 2.12 bits per heavy atom. The van der Waals surface area contributed by atoms with E-state index in [4.69, 9.17) is 23.7 Å². The van der Waals surface area contributed by atoms with E-state index < -0.39 is 6.10 Å². The molecule has 0 radical (unpaired) electrons. The van der Waals surface area contributed by atoms with Crippen molar-refractivity contribution in [1.29, 1.82) is 0 Å². The fraction of sp³-hybridized carbons (Fsp3) is 0.594. The molecule has 9 heteroatoms.